The van der Waals surface area contributed by atoms with Gasteiger partial charge in [-0.1, -0.05) is 24.3 Å². The van der Waals surface area contributed by atoms with Gasteiger partial charge in [-0.3, -0.25) is 9.59 Å². The molecule has 1 unspecified atom stereocenters. The summed E-state index contributed by atoms with van der Waals surface area (Å²) in [5.74, 6) is -1.96. The van der Waals surface area contributed by atoms with E-state index in [-0.39, 0.29) is 6.54 Å². The van der Waals surface area contributed by atoms with Crippen molar-refractivity contribution in [3.63, 3.8) is 0 Å². The average Bonchev–Trinajstić information content (AvgIpc) is 3.11. The van der Waals surface area contributed by atoms with Crippen LogP contribution in [0.5, 0.6) is 0 Å². The molecule has 0 saturated carbocycles. The number of hydrogen-bond donors (Lipinski definition) is 2. The van der Waals surface area contributed by atoms with Crippen LogP contribution in [0.3, 0.4) is 0 Å². The van der Waals surface area contributed by atoms with Gasteiger partial charge in [-0.25, -0.2) is 4.39 Å². The molecule has 0 spiro atoms. The van der Waals surface area contributed by atoms with Crippen LogP contribution < -0.4 is 10.6 Å². The van der Waals surface area contributed by atoms with Crippen LogP contribution in [0.25, 0.3) is 0 Å². The second-order valence-corrected chi connectivity index (χ2v) is 6.39. The molecule has 0 aliphatic heterocycles. The van der Waals surface area contributed by atoms with Crippen molar-refractivity contribution < 1.29 is 18.7 Å². The predicted octanol–water partition coefficient (Wildman–Crippen LogP) is 2.18. The van der Waals surface area contributed by atoms with E-state index in [1.807, 2.05) is 17.5 Å². The molecule has 0 fully saturated rings. The van der Waals surface area contributed by atoms with Crippen LogP contribution >= 0.6 is 11.3 Å². The molecule has 1 aromatic carbocycles. The van der Waals surface area contributed by atoms with Crippen molar-refractivity contribution in [1.82, 2.24) is 10.6 Å². The summed E-state index contributed by atoms with van der Waals surface area (Å²) < 4.78 is 19.3. The number of rotatable bonds is 6. The molecule has 0 radical (unpaired) electrons. The molecule has 0 bridgehead atoms. The molecule has 0 aliphatic rings. The molecule has 2 amide bonds. The molecule has 7 heteroatoms. The maximum Gasteiger partial charge on any atom is 0.309 e. The zero-order valence-electron chi connectivity index (χ0n) is 13.5. The van der Waals surface area contributed by atoms with Crippen LogP contribution in [0.2, 0.25) is 0 Å². The van der Waals surface area contributed by atoms with Gasteiger partial charge in [0.1, 0.15) is 11.4 Å². The van der Waals surface area contributed by atoms with Crippen LogP contribution in [-0.2, 0) is 26.5 Å². The van der Waals surface area contributed by atoms with Crippen LogP contribution in [-0.4, -0.2) is 25.5 Å². The normalized spacial score (nSPS) is 13.1. The van der Waals surface area contributed by atoms with E-state index < -0.39 is 23.2 Å². The molecule has 2 aromatic rings. The topological polar surface area (TPSA) is 67.4 Å². The summed E-state index contributed by atoms with van der Waals surface area (Å²) >= 11 is 1.49. The zero-order valence-corrected chi connectivity index (χ0v) is 14.3. The molecule has 0 aliphatic carbocycles. The molecule has 2 rings (SSSR count). The first-order valence-electron chi connectivity index (χ1n) is 7.35. The predicted molar refractivity (Wildman–Crippen MR) is 89.9 cm³/mol. The Morgan fingerprint density at radius 3 is 2.50 bits per heavy atom. The Kier molecular flexibility index (Phi) is 6.05. The highest BCUT2D eigenvalue weighted by atomic mass is 32.1. The maximum atomic E-state index is 14.0. The molecule has 1 heterocycles. The smallest absolute Gasteiger partial charge is 0.309 e. The first-order valence-corrected chi connectivity index (χ1v) is 8.23. The summed E-state index contributed by atoms with van der Waals surface area (Å²) in [6, 6.07) is 9.90. The summed E-state index contributed by atoms with van der Waals surface area (Å²) in [5, 5.41) is 6.91. The Hall–Kier alpha value is -2.25. The van der Waals surface area contributed by atoms with Crippen molar-refractivity contribution in [2.24, 2.45) is 0 Å². The van der Waals surface area contributed by atoms with Crippen molar-refractivity contribution >= 4 is 23.2 Å². The molecular weight excluding hydrogens is 331 g/mol. The highest BCUT2D eigenvalue weighted by Gasteiger charge is 2.30. The number of carbonyl (C=O) groups is 2. The molecule has 2 N–H and O–H groups in total. The van der Waals surface area contributed by atoms with E-state index in [1.165, 1.54) is 24.5 Å². The monoisotopic (exact) mass is 350 g/mol. The van der Waals surface area contributed by atoms with Gasteiger partial charge in [0.25, 0.3) is 0 Å². The van der Waals surface area contributed by atoms with Crippen LogP contribution in [0, 0.1) is 5.82 Å². The number of thiophene rings is 1. The Morgan fingerprint density at radius 2 is 1.88 bits per heavy atom. The molecule has 1 aromatic heterocycles. The van der Waals surface area contributed by atoms with Crippen molar-refractivity contribution in [3.8, 4) is 0 Å². The molecule has 1 atom stereocenters. The summed E-state index contributed by atoms with van der Waals surface area (Å²) in [6.07, 6.45) is 0. The van der Waals surface area contributed by atoms with Gasteiger partial charge >= 0.3 is 11.8 Å². The quantitative estimate of drug-likeness (QED) is 0.785. The van der Waals surface area contributed by atoms with Gasteiger partial charge in [-0.05, 0) is 24.4 Å². The van der Waals surface area contributed by atoms with Crippen molar-refractivity contribution in [2.45, 2.75) is 19.1 Å². The Morgan fingerprint density at radius 1 is 1.17 bits per heavy atom. The van der Waals surface area contributed by atoms with E-state index in [4.69, 9.17) is 4.74 Å². The lowest BCUT2D eigenvalue weighted by atomic mass is 9.95. The van der Waals surface area contributed by atoms with Gasteiger partial charge in [0, 0.05) is 17.6 Å². The minimum Gasteiger partial charge on any atom is -0.372 e. The minimum atomic E-state index is -1.07. The fraction of sp³-hybridized carbons (Fsp3) is 0.294. The molecule has 5 nitrogen and oxygen atoms in total. The Labute approximate surface area is 143 Å². The van der Waals surface area contributed by atoms with E-state index >= 15 is 0 Å². The highest BCUT2D eigenvalue weighted by molar-refractivity contribution is 7.09. The van der Waals surface area contributed by atoms with E-state index in [9.17, 15) is 14.0 Å². The number of halogens is 1. The number of hydrogen-bond acceptors (Lipinski definition) is 4. The summed E-state index contributed by atoms with van der Waals surface area (Å²) in [4.78, 5) is 24.7. The number of methoxy groups -OCH3 is 1. The van der Waals surface area contributed by atoms with Gasteiger partial charge in [0.15, 0.2) is 0 Å². The number of ether oxygens (including phenoxy) is 1. The second-order valence-electron chi connectivity index (χ2n) is 5.36. The van der Waals surface area contributed by atoms with E-state index in [0.29, 0.717) is 12.1 Å². The van der Waals surface area contributed by atoms with Crippen LogP contribution in [0.1, 0.15) is 17.4 Å². The lowest BCUT2D eigenvalue weighted by Gasteiger charge is -2.29. The van der Waals surface area contributed by atoms with E-state index in [2.05, 4.69) is 10.6 Å². The fourth-order valence-corrected chi connectivity index (χ4v) is 2.80. The number of carbonyl (C=O) groups excluding carboxylic acids is 2. The van der Waals surface area contributed by atoms with Crippen molar-refractivity contribution in [3.05, 3.63) is 58.0 Å². The molecular formula is C17H19FN2O3S. The zero-order chi connectivity index (χ0) is 17.6. The van der Waals surface area contributed by atoms with Gasteiger partial charge in [-0.2, -0.15) is 0 Å². The van der Waals surface area contributed by atoms with Crippen molar-refractivity contribution in [1.29, 1.82) is 0 Å². The molecule has 24 heavy (non-hydrogen) atoms. The van der Waals surface area contributed by atoms with Gasteiger partial charge in [0.05, 0.1) is 13.1 Å². The van der Waals surface area contributed by atoms with Gasteiger partial charge in [-0.15, -0.1) is 11.3 Å². The third-order valence-electron chi connectivity index (χ3n) is 3.69. The summed E-state index contributed by atoms with van der Waals surface area (Å²) in [5.41, 5.74) is -0.763. The summed E-state index contributed by atoms with van der Waals surface area (Å²) in [7, 11) is 1.43. The van der Waals surface area contributed by atoms with Crippen LogP contribution in [0.15, 0.2) is 41.8 Å². The number of amides is 2. The maximum absolute atomic E-state index is 14.0. The standard InChI is InChI=1S/C17H19FN2O3S/c1-17(23-2,13-7-3-4-8-14(13)18)11-20-16(22)15(21)19-10-12-6-5-9-24-12/h3-9H,10-11H2,1-2H3,(H,19,21)(H,20,22). The van der Waals surface area contributed by atoms with E-state index in [1.54, 1.807) is 25.1 Å². The lowest BCUT2D eigenvalue weighted by molar-refractivity contribution is -0.140. The number of nitrogens with one attached hydrogen (secondary N) is 2. The summed E-state index contributed by atoms with van der Waals surface area (Å²) in [6.45, 7) is 1.91. The Bertz CT molecular complexity index is 706. The van der Waals surface area contributed by atoms with E-state index in [0.717, 1.165) is 4.88 Å². The average molecular weight is 350 g/mol. The Balaban J connectivity index is 1.93. The SMILES string of the molecule is COC(C)(CNC(=O)C(=O)NCc1cccs1)c1ccccc1F. The first kappa shape index (κ1) is 18.1. The molecule has 0 saturated heterocycles. The van der Waals surface area contributed by atoms with Gasteiger partial charge in [0.2, 0.25) is 0 Å². The van der Waals surface area contributed by atoms with Crippen LogP contribution in [0.4, 0.5) is 4.39 Å². The van der Waals surface area contributed by atoms with Gasteiger partial charge < -0.3 is 15.4 Å². The third-order valence-corrected chi connectivity index (χ3v) is 4.57. The highest BCUT2D eigenvalue weighted by Crippen LogP contribution is 2.26. The molecule has 128 valence electrons. The first-order chi connectivity index (χ1) is 11.5. The third kappa shape index (κ3) is 4.39. The minimum absolute atomic E-state index is 0.0321. The second kappa shape index (κ2) is 8.03. The fourth-order valence-electron chi connectivity index (χ4n) is 2.16. The largest absolute Gasteiger partial charge is 0.372 e. The number of benzene rings is 1. The lowest BCUT2D eigenvalue weighted by Crippen LogP contribution is -2.46. The van der Waals surface area contributed by atoms with Crippen molar-refractivity contribution in [2.75, 3.05) is 13.7 Å².